The molecule has 5 nitrogen and oxygen atoms in total. The third kappa shape index (κ3) is 3.01. The van der Waals surface area contributed by atoms with Crippen LogP contribution >= 0.6 is 0 Å². The maximum absolute atomic E-state index is 12.3. The Kier molecular flexibility index (Phi) is 3.98. The van der Waals surface area contributed by atoms with Gasteiger partial charge in [0, 0.05) is 6.07 Å². The predicted molar refractivity (Wildman–Crippen MR) is 83.5 cm³/mol. The predicted octanol–water partition coefficient (Wildman–Crippen LogP) is 3.21. The second-order valence-electron chi connectivity index (χ2n) is 4.82. The molecule has 0 amide bonds. The van der Waals surface area contributed by atoms with E-state index in [1.165, 1.54) is 0 Å². The van der Waals surface area contributed by atoms with Gasteiger partial charge in [0.15, 0.2) is 12.4 Å². The van der Waals surface area contributed by atoms with E-state index in [1.807, 2.05) is 30.3 Å². The number of nitriles is 1. The second-order valence-corrected chi connectivity index (χ2v) is 4.82. The first-order valence-corrected chi connectivity index (χ1v) is 6.93. The van der Waals surface area contributed by atoms with Gasteiger partial charge < -0.3 is 14.2 Å². The molecule has 0 aliphatic carbocycles. The Morgan fingerprint density at radius 1 is 1.17 bits per heavy atom. The van der Waals surface area contributed by atoms with Gasteiger partial charge in [-0.05, 0) is 35.9 Å². The first kappa shape index (κ1) is 14.7. The zero-order valence-electron chi connectivity index (χ0n) is 12.4. The Hall–Kier alpha value is -3.26. The number of allylic oxidation sites excluding steroid dienone is 1. The van der Waals surface area contributed by atoms with E-state index in [4.69, 9.17) is 19.5 Å². The van der Waals surface area contributed by atoms with Gasteiger partial charge in [-0.25, -0.2) is 0 Å². The molecule has 0 fully saturated rings. The molecule has 114 valence electrons. The van der Waals surface area contributed by atoms with Crippen molar-refractivity contribution < 1.29 is 19.0 Å². The van der Waals surface area contributed by atoms with Crippen LogP contribution in [-0.2, 0) is 0 Å². The van der Waals surface area contributed by atoms with Gasteiger partial charge in [-0.3, -0.25) is 4.79 Å². The van der Waals surface area contributed by atoms with Crippen LogP contribution in [0.3, 0.4) is 0 Å². The first-order chi connectivity index (χ1) is 11.2. The van der Waals surface area contributed by atoms with E-state index in [2.05, 4.69) is 0 Å². The van der Waals surface area contributed by atoms with Gasteiger partial charge in [-0.15, -0.1) is 0 Å². The number of carbonyl (C=O) groups excluding carboxylic acids is 1. The van der Waals surface area contributed by atoms with Gasteiger partial charge in [0.05, 0.1) is 12.7 Å². The van der Waals surface area contributed by atoms with Crippen molar-refractivity contribution in [3.05, 3.63) is 59.4 Å². The van der Waals surface area contributed by atoms with Crippen molar-refractivity contribution in [3.63, 3.8) is 0 Å². The number of Topliss-reactive ketones (excluding diaryl/α,β-unsaturated/α-hetero) is 1. The second kappa shape index (κ2) is 6.24. The Balaban J connectivity index is 1.84. The third-order valence-electron chi connectivity index (χ3n) is 3.36. The first-order valence-electron chi connectivity index (χ1n) is 6.93. The van der Waals surface area contributed by atoms with Gasteiger partial charge in [-0.1, -0.05) is 12.1 Å². The average molecular weight is 307 g/mol. The van der Waals surface area contributed by atoms with Gasteiger partial charge in [0.2, 0.25) is 5.78 Å². The fraction of sp³-hybridized carbons (Fsp3) is 0.111. The molecule has 5 heteroatoms. The molecule has 0 aromatic heterocycles. The van der Waals surface area contributed by atoms with Crippen LogP contribution in [0.4, 0.5) is 0 Å². The maximum Gasteiger partial charge on any atom is 0.231 e. The quantitative estimate of drug-likeness (QED) is 0.811. The zero-order chi connectivity index (χ0) is 16.2. The Labute approximate surface area is 133 Å². The van der Waals surface area contributed by atoms with Crippen molar-refractivity contribution in [2.24, 2.45) is 0 Å². The molecule has 2 aromatic rings. The molecule has 1 heterocycles. The SMILES string of the molecule is COc1ccc(C=C2Oc3cc(OCC#N)ccc3C2=O)cc1. The highest BCUT2D eigenvalue weighted by atomic mass is 16.5. The summed E-state index contributed by atoms with van der Waals surface area (Å²) >= 11 is 0. The van der Waals surface area contributed by atoms with E-state index in [0.29, 0.717) is 17.1 Å². The van der Waals surface area contributed by atoms with Gasteiger partial charge >= 0.3 is 0 Å². The molecule has 0 atom stereocenters. The van der Waals surface area contributed by atoms with Gasteiger partial charge in [0.1, 0.15) is 23.3 Å². The lowest BCUT2D eigenvalue weighted by Gasteiger charge is -2.03. The minimum absolute atomic E-state index is 0.0543. The van der Waals surface area contributed by atoms with Gasteiger partial charge in [0.25, 0.3) is 0 Å². The summed E-state index contributed by atoms with van der Waals surface area (Å²) in [6.07, 6.45) is 1.68. The zero-order valence-corrected chi connectivity index (χ0v) is 12.4. The molecular weight excluding hydrogens is 294 g/mol. The van der Waals surface area contributed by atoms with Crippen molar-refractivity contribution >= 4 is 11.9 Å². The molecule has 0 saturated heterocycles. The van der Waals surface area contributed by atoms with Crippen molar-refractivity contribution in [1.29, 1.82) is 5.26 Å². The summed E-state index contributed by atoms with van der Waals surface area (Å²) in [6, 6.07) is 14.1. The van der Waals surface area contributed by atoms with Crippen LogP contribution in [0.25, 0.3) is 6.08 Å². The Bertz CT molecular complexity index is 816. The number of ketones is 1. The number of fused-ring (bicyclic) bond motifs is 1. The molecule has 0 unspecified atom stereocenters. The van der Waals surface area contributed by atoms with Crippen LogP contribution in [0.15, 0.2) is 48.2 Å². The lowest BCUT2D eigenvalue weighted by Crippen LogP contribution is -1.98. The summed E-state index contributed by atoms with van der Waals surface area (Å²) in [5.41, 5.74) is 1.32. The number of hydrogen-bond acceptors (Lipinski definition) is 5. The fourth-order valence-corrected chi connectivity index (χ4v) is 2.22. The van der Waals surface area contributed by atoms with E-state index in [9.17, 15) is 4.79 Å². The van der Waals surface area contributed by atoms with Crippen molar-refractivity contribution in [3.8, 4) is 23.3 Å². The summed E-state index contributed by atoms with van der Waals surface area (Å²) in [4.78, 5) is 12.3. The number of rotatable bonds is 4. The minimum atomic E-state index is -0.178. The minimum Gasteiger partial charge on any atom is -0.497 e. The summed E-state index contributed by atoms with van der Waals surface area (Å²) in [5, 5.41) is 8.53. The highest BCUT2D eigenvalue weighted by Crippen LogP contribution is 2.34. The lowest BCUT2D eigenvalue weighted by atomic mass is 10.1. The standard InChI is InChI=1S/C18H13NO4/c1-21-13-4-2-12(3-5-13)10-17-18(20)15-7-6-14(22-9-8-19)11-16(15)23-17/h2-7,10-11H,9H2,1H3. The van der Waals surface area contributed by atoms with Crippen LogP contribution in [0, 0.1) is 11.3 Å². The summed E-state index contributed by atoms with van der Waals surface area (Å²) in [5.74, 6) is 1.74. The van der Waals surface area contributed by atoms with Crippen molar-refractivity contribution in [2.75, 3.05) is 13.7 Å². The van der Waals surface area contributed by atoms with E-state index in [0.717, 1.165) is 11.3 Å². The molecule has 0 N–H and O–H groups in total. The molecule has 0 bridgehead atoms. The molecule has 0 saturated carbocycles. The Morgan fingerprint density at radius 2 is 1.91 bits per heavy atom. The van der Waals surface area contributed by atoms with E-state index in [1.54, 1.807) is 31.4 Å². The molecule has 3 rings (SSSR count). The normalized spacial score (nSPS) is 14.1. The molecule has 23 heavy (non-hydrogen) atoms. The summed E-state index contributed by atoms with van der Waals surface area (Å²) in [6.45, 7) is -0.0543. The number of ether oxygens (including phenoxy) is 3. The number of nitrogens with zero attached hydrogens (tertiary/aromatic N) is 1. The molecule has 1 aliphatic heterocycles. The summed E-state index contributed by atoms with van der Waals surface area (Å²) < 4.78 is 15.9. The maximum atomic E-state index is 12.3. The van der Waals surface area contributed by atoms with Crippen molar-refractivity contribution in [1.82, 2.24) is 0 Å². The van der Waals surface area contributed by atoms with Crippen LogP contribution < -0.4 is 14.2 Å². The monoisotopic (exact) mass is 307 g/mol. The Morgan fingerprint density at radius 3 is 2.61 bits per heavy atom. The highest BCUT2D eigenvalue weighted by Gasteiger charge is 2.27. The third-order valence-corrected chi connectivity index (χ3v) is 3.36. The van der Waals surface area contributed by atoms with Gasteiger partial charge in [-0.2, -0.15) is 5.26 Å². The van der Waals surface area contributed by atoms with Crippen LogP contribution in [0.2, 0.25) is 0 Å². The fourth-order valence-electron chi connectivity index (χ4n) is 2.22. The summed E-state index contributed by atoms with van der Waals surface area (Å²) in [7, 11) is 1.60. The van der Waals surface area contributed by atoms with E-state index >= 15 is 0 Å². The van der Waals surface area contributed by atoms with E-state index < -0.39 is 0 Å². The largest absolute Gasteiger partial charge is 0.497 e. The van der Waals surface area contributed by atoms with Crippen LogP contribution in [-0.4, -0.2) is 19.5 Å². The average Bonchev–Trinajstić information content (AvgIpc) is 2.89. The molecule has 0 spiro atoms. The number of benzene rings is 2. The lowest BCUT2D eigenvalue weighted by molar-refractivity contribution is 0.101. The molecular formula is C18H13NO4. The smallest absolute Gasteiger partial charge is 0.231 e. The number of carbonyl (C=O) groups is 1. The molecule has 0 radical (unpaired) electrons. The molecule has 2 aromatic carbocycles. The number of methoxy groups -OCH3 is 1. The van der Waals surface area contributed by atoms with Crippen molar-refractivity contribution in [2.45, 2.75) is 0 Å². The van der Waals surface area contributed by atoms with Crippen LogP contribution in [0.5, 0.6) is 17.2 Å². The van der Waals surface area contributed by atoms with E-state index in [-0.39, 0.29) is 18.1 Å². The molecule has 1 aliphatic rings. The number of hydrogen-bond donors (Lipinski definition) is 0. The topological polar surface area (TPSA) is 68.6 Å². The highest BCUT2D eigenvalue weighted by molar-refractivity contribution is 6.14. The van der Waals surface area contributed by atoms with Crippen LogP contribution in [0.1, 0.15) is 15.9 Å².